The summed E-state index contributed by atoms with van der Waals surface area (Å²) in [7, 11) is 0. The SMILES string of the molecule is CC1(C)COc2c(C(=O)N[C@H]3C[C@@H](O)[C@@H]3n3cccn3)cccc21. The number of para-hydroxylation sites is 1. The maximum atomic E-state index is 12.7. The lowest BCUT2D eigenvalue weighted by Crippen LogP contribution is -2.56. The first kappa shape index (κ1) is 15.2. The van der Waals surface area contributed by atoms with Gasteiger partial charge in [-0.05, 0) is 18.6 Å². The summed E-state index contributed by atoms with van der Waals surface area (Å²) >= 11 is 0. The first-order valence-corrected chi connectivity index (χ1v) is 8.22. The topological polar surface area (TPSA) is 76.4 Å². The number of rotatable bonds is 3. The van der Waals surface area contributed by atoms with Crippen LogP contribution in [0.5, 0.6) is 5.75 Å². The summed E-state index contributed by atoms with van der Waals surface area (Å²) in [4.78, 5) is 12.7. The summed E-state index contributed by atoms with van der Waals surface area (Å²) in [6.07, 6.45) is 3.51. The monoisotopic (exact) mass is 327 g/mol. The van der Waals surface area contributed by atoms with Crippen LogP contribution in [0.15, 0.2) is 36.7 Å². The number of hydrogen-bond donors (Lipinski definition) is 2. The average molecular weight is 327 g/mol. The molecule has 0 spiro atoms. The molecule has 6 heteroatoms. The van der Waals surface area contributed by atoms with E-state index in [2.05, 4.69) is 24.3 Å². The van der Waals surface area contributed by atoms with Gasteiger partial charge in [-0.2, -0.15) is 5.10 Å². The highest BCUT2D eigenvalue weighted by Gasteiger charge is 2.43. The number of amides is 1. The van der Waals surface area contributed by atoms with Crippen molar-refractivity contribution in [3.63, 3.8) is 0 Å². The lowest BCUT2D eigenvalue weighted by Gasteiger charge is -2.41. The summed E-state index contributed by atoms with van der Waals surface area (Å²) in [5, 5.41) is 17.2. The molecule has 4 rings (SSSR count). The number of carbonyl (C=O) groups is 1. The van der Waals surface area contributed by atoms with Gasteiger partial charge in [0.15, 0.2) is 0 Å². The Morgan fingerprint density at radius 3 is 2.96 bits per heavy atom. The predicted octanol–water partition coefficient (Wildman–Crippen LogP) is 1.66. The number of aliphatic hydroxyl groups is 1. The van der Waals surface area contributed by atoms with Gasteiger partial charge in [0.2, 0.25) is 0 Å². The van der Waals surface area contributed by atoms with E-state index in [9.17, 15) is 9.90 Å². The summed E-state index contributed by atoms with van der Waals surface area (Å²) in [6.45, 7) is 4.79. The number of carbonyl (C=O) groups excluding carboxylic acids is 1. The molecule has 2 aliphatic rings. The number of ether oxygens (including phenoxy) is 1. The molecule has 0 saturated heterocycles. The van der Waals surface area contributed by atoms with Crippen LogP contribution in [0.1, 0.15) is 42.2 Å². The van der Waals surface area contributed by atoms with Crippen molar-refractivity contribution in [2.45, 2.75) is 43.9 Å². The van der Waals surface area contributed by atoms with Gasteiger partial charge in [-0.1, -0.05) is 26.0 Å². The van der Waals surface area contributed by atoms with E-state index < -0.39 is 6.10 Å². The molecule has 0 radical (unpaired) electrons. The Kier molecular flexibility index (Phi) is 3.38. The quantitative estimate of drug-likeness (QED) is 0.899. The van der Waals surface area contributed by atoms with E-state index in [0.29, 0.717) is 24.3 Å². The highest BCUT2D eigenvalue weighted by atomic mass is 16.5. The molecule has 2 aromatic rings. The van der Waals surface area contributed by atoms with Crippen LogP contribution in [0.4, 0.5) is 0 Å². The molecule has 1 aliphatic carbocycles. The Bertz CT molecular complexity index is 770. The van der Waals surface area contributed by atoms with Crippen molar-refractivity contribution >= 4 is 5.91 Å². The molecule has 0 bridgehead atoms. The van der Waals surface area contributed by atoms with Gasteiger partial charge in [-0.25, -0.2) is 0 Å². The van der Waals surface area contributed by atoms with Crippen molar-refractivity contribution in [1.82, 2.24) is 15.1 Å². The normalized spacial score (nSPS) is 27.0. The fourth-order valence-electron chi connectivity index (χ4n) is 3.55. The van der Waals surface area contributed by atoms with Crippen LogP contribution in [0.3, 0.4) is 0 Å². The molecule has 1 aliphatic heterocycles. The maximum Gasteiger partial charge on any atom is 0.255 e. The zero-order chi connectivity index (χ0) is 16.9. The van der Waals surface area contributed by atoms with Crippen LogP contribution in [0, 0.1) is 0 Å². The second-order valence-electron chi connectivity index (χ2n) is 7.21. The average Bonchev–Trinajstić information content (AvgIpc) is 3.15. The predicted molar refractivity (Wildman–Crippen MR) is 88.1 cm³/mol. The van der Waals surface area contributed by atoms with Crippen LogP contribution >= 0.6 is 0 Å². The van der Waals surface area contributed by atoms with Crippen LogP contribution in [0.25, 0.3) is 0 Å². The van der Waals surface area contributed by atoms with Gasteiger partial charge in [0.25, 0.3) is 5.91 Å². The maximum absolute atomic E-state index is 12.7. The third-order valence-corrected chi connectivity index (χ3v) is 5.01. The molecule has 6 nitrogen and oxygen atoms in total. The molecule has 0 unspecified atom stereocenters. The Hall–Kier alpha value is -2.34. The van der Waals surface area contributed by atoms with E-state index in [4.69, 9.17) is 4.74 Å². The molecule has 2 heterocycles. The van der Waals surface area contributed by atoms with Gasteiger partial charge in [-0.15, -0.1) is 0 Å². The van der Waals surface area contributed by atoms with Crippen LogP contribution in [-0.4, -0.2) is 39.5 Å². The van der Waals surface area contributed by atoms with E-state index in [1.54, 1.807) is 23.1 Å². The second kappa shape index (κ2) is 5.34. The Morgan fingerprint density at radius 1 is 1.42 bits per heavy atom. The Morgan fingerprint density at radius 2 is 2.25 bits per heavy atom. The van der Waals surface area contributed by atoms with Crippen molar-refractivity contribution in [3.8, 4) is 5.75 Å². The minimum absolute atomic E-state index is 0.0874. The summed E-state index contributed by atoms with van der Waals surface area (Å²) in [6, 6.07) is 7.14. The number of hydrogen-bond acceptors (Lipinski definition) is 4. The number of aromatic nitrogens is 2. The lowest BCUT2D eigenvalue weighted by atomic mass is 9.82. The number of fused-ring (bicyclic) bond motifs is 1. The summed E-state index contributed by atoms with van der Waals surface area (Å²) in [5.74, 6) is 0.508. The van der Waals surface area contributed by atoms with E-state index in [1.807, 2.05) is 18.2 Å². The van der Waals surface area contributed by atoms with Crippen molar-refractivity contribution in [3.05, 3.63) is 47.8 Å². The molecular weight excluding hydrogens is 306 g/mol. The van der Waals surface area contributed by atoms with Crippen molar-refractivity contribution in [2.24, 2.45) is 0 Å². The number of aliphatic hydroxyl groups excluding tert-OH is 1. The zero-order valence-corrected chi connectivity index (χ0v) is 13.8. The summed E-state index contributed by atoms with van der Waals surface area (Å²) in [5.41, 5.74) is 1.53. The molecule has 1 fully saturated rings. The number of benzene rings is 1. The van der Waals surface area contributed by atoms with Crippen molar-refractivity contribution in [2.75, 3.05) is 6.61 Å². The molecule has 1 amide bonds. The molecule has 2 N–H and O–H groups in total. The van der Waals surface area contributed by atoms with Crippen LogP contribution in [-0.2, 0) is 5.41 Å². The second-order valence-corrected chi connectivity index (χ2v) is 7.21. The van der Waals surface area contributed by atoms with E-state index >= 15 is 0 Å². The first-order chi connectivity index (χ1) is 11.5. The summed E-state index contributed by atoms with van der Waals surface area (Å²) < 4.78 is 7.49. The third-order valence-electron chi connectivity index (χ3n) is 5.01. The third kappa shape index (κ3) is 2.29. The van der Waals surface area contributed by atoms with Crippen LogP contribution < -0.4 is 10.1 Å². The van der Waals surface area contributed by atoms with Gasteiger partial charge in [-0.3, -0.25) is 9.48 Å². The molecule has 3 atom stereocenters. The largest absolute Gasteiger partial charge is 0.492 e. The fraction of sp³-hybridized carbons (Fsp3) is 0.444. The van der Waals surface area contributed by atoms with E-state index in [1.165, 1.54) is 0 Å². The fourth-order valence-corrected chi connectivity index (χ4v) is 3.55. The number of nitrogens with zero attached hydrogens (tertiary/aromatic N) is 2. The highest BCUT2D eigenvalue weighted by molar-refractivity contribution is 5.98. The van der Waals surface area contributed by atoms with Crippen LogP contribution in [0.2, 0.25) is 0 Å². The highest BCUT2D eigenvalue weighted by Crippen LogP contribution is 2.41. The number of nitrogens with one attached hydrogen (secondary N) is 1. The van der Waals surface area contributed by atoms with E-state index in [-0.39, 0.29) is 23.4 Å². The van der Waals surface area contributed by atoms with Gasteiger partial charge in [0, 0.05) is 23.4 Å². The molecule has 1 aromatic carbocycles. The Balaban J connectivity index is 1.55. The molecule has 24 heavy (non-hydrogen) atoms. The van der Waals surface area contributed by atoms with Gasteiger partial charge < -0.3 is 15.2 Å². The van der Waals surface area contributed by atoms with E-state index in [0.717, 1.165) is 5.56 Å². The standard InChI is InChI=1S/C18H21N3O3/c1-18(2)10-24-16-11(5-3-6-12(16)18)17(23)20-13-9-14(22)15(13)21-8-4-7-19-21/h3-8,13-15,22H,9-10H2,1-2H3,(H,20,23)/t13-,14+,15+/m0/s1. The van der Waals surface area contributed by atoms with Gasteiger partial charge in [0.1, 0.15) is 5.75 Å². The van der Waals surface area contributed by atoms with Crippen molar-refractivity contribution < 1.29 is 14.6 Å². The first-order valence-electron chi connectivity index (χ1n) is 8.22. The minimum Gasteiger partial charge on any atom is -0.492 e. The molecule has 1 saturated carbocycles. The van der Waals surface area contributed by atoms with Gasteiger partial charge in [0.05, 0.1) is 30.4 Å². The minimum atomic E-state index is -0.494. The molecule has 1 aromatic heterocycles. The lowest BCUT2D eigenvalue weighted by molar-refractivity contribution is -0.00591. The molecular formula is C18H21N3O3. The zero-order valence-electron chi connectivity index (χ0n) is 13.8. The van der Waals surface area contributed by atoms with Crippen molar-refractivity contribution in [1.29, 1.82) is 0 Å². The smallest absolute Gasteiger partial charge is 0.255 e. The molecule has 126 valence electrons. The Labute approximate surface area is 140 Å². The van der Waals surface area contributed by atoms with Gasteiger partial charge >= 0.3 is 0 Å².